The maximum atomic E-state index is 12.4. The normalized spacial score (nSPS) is 18.0. The lowest BCUT2D eigenvalue weighted by molar-refractivity contribution is -0.124. The first-order valence-corrected chi connectivity index (χ1v) is 7.81. The average molecular weight is 322 g/mol. The Morgan fingerprint density at radius 3 is 2.68 bits per heavy atom. The minimum absolute atomic E-state index is 0.0728. The Bertz CT molecular complexity index is 618. The molecule has 0 aromatic heterocycles. The molecule has 0 aliphatic carbocycles. The monoisotopic (exact) mass is 322 g/mol. The number of carbonyl (C=O) groups excluding carboxylic acids is 3. The molecule has 7 heteroatoms. The van der Waals surface area contributed by atoms with Gasteiger partial charge in [-0.25, -0.2) is 4.90 Å². The molecule has 1 aromatic rings. The SMILES string of the molecule is Cc1ccc(N2C(=O)SC(CC(=O)NCCO)C2=O)cc1C. The molecule has 1 unspecified atom stereocenters. The van der Waals surface area contributed by atoms with Gasteiger partial charge in [-0.1, -0.05) is 6.07 Å². The van der Waals surface area contributed by atoms with Gasteiger partial charge in [0.15, 0.2) is 0 Å². The van der Waals surface area contributed by atoms with Crippen LogP contribution in [0.25, 0.3) is 0 Å². The van der Waals surface area contributed by atoms with Crippen molar-refractivity contribution in [1.82, 2.24) is 5.32 Å². The predicted molar refractivity (Wildman–Crippen MR) is 84.9 cm³/mol. The van der Waals surface area contributed by atoms with E-state index in [4.69, 9.17) is 5.11 Å². The van der Waals surface area contributed by atoms with Crippen LogP contribution < -0.4 is 10.2 Å². The van der Waals surface area contributed by atoms with Crippen molar-refractivity contribution < 1.29 is 19.5 Å². The van der Waals surface area contributed by atoms with Crippen molar-refractivity contribution in [2.75, 3.05) is 18.1 Å². The Morgan fingerprint density at radius 1 is 1.32 bits per heavy atom. The highest BCUT2D eigenvalue weighted by Gasteiger charge is 2.41. The van der Waals surface area contributed by atoms with Crippen LogP contribution in [0.1, 0.15) is 17.5 Å². The van der Waals surface area contributed by atoms with E-state index in [0.29, 0.717) is 5.69 Å². The number of rotatable bonds is 5. The van der Waals surface area contributed by atoms with Crippen LogP contribution in [-0.4, -0.2) is 40.6 Å². The van der Waals surface area contributed by atoms with Crippen LogP contribution in [0.4, 0.5) is 10.5 Å². The Hall–Kier alpha value is -1.86. The summed E-state index contributed by atoms with van der Waals surface area (Å²) in [5, 5.41) is 10.1. The minimum atomic E-state index is -0.715. The molecule has 1 heterocycles. The van der Waals surface area contributed by atoms with E-state index in [1.165, 1.54) is 0 Å². The number of aliphatic hydroxyl groups excluding tert-OH is 1. The van der Waals surface area contributed by atoms with Gasteiger partial charge in [0.1, 0.15) is 5.25 Å². The van der Waals surface area contributed by atoms with E-state index in [1.54, 1.807) is 12.1 Å². The zero-order valence-electron chi connectivity index (χ0n) is 12.5. The highest BCUT2D eigenvalue weighted by molar-refractivity contribution is 8.15. The second kappa shape index (κ2) is 6.93. The highest BCUT2D eigenvalue weighted by Crippen LogP contribution is 2.34. The second-order valence-electron chi connectivity index (χ2n) is 5.09. The molecule has 0 spiro atoms. The number of hydrogen-bond donors (Lipinski definition) is 2. The molecule has 118 valence electrons. The molecule has 0 bridgehead atoms. The average Bonchev–Trinajstić information content (AvgIpc) is 2.74. The molecule has 1 fully saturated rings. The molecular formula is C15H18N2O4S. The van der Waals surface area contributed by atoms with Crippen molar-refractivity contribution in [1.29, 1.82) is 0 Å². The first-order chi connectivity index (χ1) is 10.4. The Balaban J connectivity index is 2.11. The Morgan fingerprint density at radius 2 is 2.05 bits per heavy atom. The van der Waals surface area contributed by atoms with Gasteiger partial charge in [0.2, 0.25) is 11.8 Å². The van der Waals surface area contributed by atoms with E-state index < -0.39 is 5.25 Å². The van der Waals surface area contributed by atoms with E-state index in [0.717, 1.165) is 27.8 Å². The third-order valence-electron chi connectivity index (χ3n) is 3.47. The summed E-state index contributed by atoms with van der Waals surface area (Å²) >= 11 is 0.863. The Kier molecular flexibility index (Phi) is 5.20. The van der Waals surface area contributed by atoms with Gasteiger partial charge in [-0.15, -0.1) is 0 Å². The smallest absolute Gasteiger partial charge is 0.293 e. The summed E-state index contributed by atoms with van der Waals surface area (Å²) in [6, 6.07) is 5.38. The summed E-state index contributed by atoms with van der Waals surface area (Å²) in [4.78, 5) is 37.2. The number of anilines is 1. The van der Waals surface area contributed by atoms with Crippen LogP contribution in [-0.2, 0) is 9.59 Å². The van der Waals surface area contributed by atoms with Crippen LogP contribution >= 0.6 is 11.8 Å². The zero-order valence-corrected chi connectivity index (χ0v) is 13.3. The molecule has 1 saturated heterocycles. The minimum Gasteiger partial charge on any atom is -0.395 e. The highest BCUT2D eigenvalue weighted by atomic mass is 32.2. The van der Waals surface area contributed by atoms with E-state index in [2.05, 4.69) is 5.32 Å². The summed E-state index contributed by atoms with van der Waals surface area (Å²) in [6.07, 6.45) is -0.0728. The number of benzene rings is 1. The molecule has 3 amide bonds. The van der Waals surface area contributed by atoms with E-state index in [9.17, 15) is 14.4 Å². The van der Waals surface area contributed by atoms with Crippen molar-refractivity contribution >= 4 is 34.5 Å². The molecule has 0 radical (unpaired) electrons. The quantitative estimate of drug-likeness (QED) is 0.855. The lowest BCUT2D eigenvalue weighted by Crippen LogP contribution is -2.35. The number of aryl methyl sites for hydroxylation is 2. The fourth-order valence-electron chi connectivity index (χ4n) is 2.12. The molecular weight excluding hydrogens is 304 g/mol. The van der Waals surface area contributed by atoms with Crippen LogP contribution in [0.3, 0.4) is 0 Å². The molecule has 0 saturated carbocycles. The molecule has 1 aliphatic heterocycles. The number of aliphatic hydroxyl groups is 1. The van der Waals surface area contributed by atoms with Gasteiger partial charge in [-0.05, 0) is 48.9 Å². The maximum Gasteiger partial charge on any atom is 0.293 e. The topological polar surface area (TPSA) is 86.7 Å². The molecule has 1 aliphatic rings. The van der Waals surface area contributed by atoms with Gasteiger partial charge >= 0.3 is 0 Å². The van der Waals surface area contributed by atoms with Gasteiger partial charge in [0, 0.05) is 13.0 Å². The Labute approximate surface area is 132 Å². The molecule has 1 atom stereocenters. The first-order valence-electron chi connectivity index (χ1n) is 6.93. The van der Waals surface area contributed by atoms with Crippen LogP contribution in [0.5, 0.6) is 0 Å². The third-order valence-corrected chi connectivity index (χ3v) is 4.51. The standard InChI is InChI=1S/C15H18N2O4S/c1-9-3-4-11(7-10(9)2)17-14(20)12(22-15(17)21)8-13(19)16-5-6-18/h3-4,7,12,18H,5-6,8H2,1-2H3,(H,16,19). The predicted octanol–water partition coefficient (Wildman–Crippen LogP) is 1.37. The molecule has 2 rings (SSSR count). The zero-order chi connectivity index (χ0) is 16.3. The van der Waals surface area contributed by atoms with Crippen LogP contribution in [0.2, 0.25) is 0 Å². The maximum absolute atomic E-state index is 12.4. The lowest BCUT2D eigenvalue weighted by Gasteiger charge is -2.15. The number of carbonyl (C=O) groups is 3. The summed E-state index contributed by atoms with van der Waals surface area (Å²) in [5.74, 6) is -0.730. The summed E-state index contributed by atoms with van der Waals surface area (Å²) in [7, 11) is 0. The van der Waals surface area contributed by atoms with E-state index >= 15 is 0 Å². The number of hydrogen-bond acceptors (Lipinski definition) is 5. The lowest BCUT2D eigenvalue weighted by atomic mass is 10.1. The van der Waals surface area contributed by atoms with Crippen LogP contribution in [0, 0.1) is 13.8 Å². The molecule has 1 aromatic carbocycles. The fourth-order valence-corrected chi connectivity index (χ4v) is 3.11. The van der Waals surface area contributed by atoms with E-state index in [1.807, 2.05) is 19.9 Å². The second-order valence-corrected chi connectivity index (χ2v) is 6.25. The fraction of sp³-hybridized carbons (Fsp3) is 0.400. The van der Waals surface area contributed by atoms with E-state index in [-0.39, 0.29) is 36.6 Å². The van der Waals surface area contributed by atoms with Crippen molar-refractivity contribution in [2.45, 2.75) is 25.5 Å². The van der Waals surface area contributed by atoms with Gasteiger partial charge in [0.25, 0.3) is 5.24 Å². The van der Waals surface area contributed by atoms with Gasteiger partial charge < -0.3 is 10.4 Å². The van der Waals surface area contributed by atoms with Crippen molar-refractivity contribution in [2.24, 2.45) is 0 Å². The van der Waals surface area contributed by atoms with Crippen LogP contribution in [0.15, 0.2) is 18.2 Å². The van der Waals surface area contributed by atoms with Crippen molar-refractivity contribution in [3.05, 3.63) is 29.3 Å². The molecule has 22 heavy (non-hydrogen) atoms. The number of imide groups is 1. The van der Waals surface area contributed by atoms with Crippen molar-refractivity contribution in [3.8, 4) is 0 Å². The van der Waals surface area contributed by atoms with Crippen molar-refractivity contribution in [3.63, 3.8) is 0 Å². The van der Waals surface area contributed by atoms with Gasteiger partial charge in [0.05, 0.1) is 12.3 Å². The number of nitrogens with zero attached hydrogens (tertiary/aromatic N) is 1. The summed E-state index contributed by atoms with van der Waals surface area (Å²) in [5.41, 5.74) is 2.60. The number of amides is 3. The molecule has 6 nitrogen and oxygen atoms in total. The first kappa shape index (κ1) is 16.5. The molecule has 2 N–H and O–H groups in total. The summed E-state index contributed by atoms with van der Waals surface area (Å²) in [6.45, 7) is 3.84. The van der Waals surface area contributed by atoms with Gasteiger partial charge in [-0.3, -0.25) is 14.4 Å². The largest absolute Gasteiger partial charge is 0.395 e. The number of nitrogens with one attached hydrogen (secondary N) is 1. The number of thioether (sulfide) groups is 1. The summed E-state index contributed by atoms with van der Waals surface area (Å²) < 4.78 is 0. The third kappa shape index (κ3) is 3.48. The van der Waals surface area contributed by atoms with Gasteiger partial charge in [-0.2, -0.15) is 0 Å².